The Hall–Kier alpha value is -4.15. The number of aromatic nitrogens is 4. The minimum Gasteiger partial charge on any atom is -0.340 e. The number of benzene rings is 4. The first-order valence-corrected chi connectivity index (χ1v) is 12.4. The van der Waals surface area contributed by atoms with Gasteiger partial charge in [-0.3, -0.25) is 9.97 Å². The zero-order valence-corrected chi connectivity index (χ0v) is 22.6. The fraction of sp³-hybridized carbons (Fsp3) is 0.0625. The summed E-state index contributed by atoms with van der Waals surface area (Å²) >= 11 is 0. The summed E-state index contributed by atoms with van der Waals surface area (Å²) in [6.45, 7) is 0. The van der Waals surface area contributed by atoms with Crippen molar-refractivity contribution >= 4 is 54.6 Å². The minimum atomic E-state index is -0.406. The molecule has 0 N–H and O–H groups in total. The van der Waals surface area contributed by atoms with Gasteiger partial charge in [-0.15, -0.1) is 36.4 Å². The number of imidazole rings is 2. The quantitative estimate of drug-likeness (QED) is 0.145. The number of rotatable bonds is 3. The van der Waals surface area contributed by atoms with Gasteiger partial charge in [-0.1, -0.05) is 57.9 Å². The fourth-order valence-electron chi connectivity index (χ4n) is 5.64. The molecule has 0 amide bonds. The number of pyridine rings is 2. The molecule has 190 valence electrons. The number of para-hydroxylation sites is 2. The van der Waals surface area contributed by atoms with Gasteiger partial charge in [0.05, 0.1) is 11.3 Å². The molecule has 4 aromatic carbocycles. The van der Waals surface area contributed by atoms with Gasteiger partial charge in [-0.2, -0.15) is 0 Å². The van der Waals surface area contributed by atoms with Crippen molar-refractivity contribution in [3.63, 3.8) is 0 Å². The molecule has 4 aromatic heterocycles. The largest absolute Gasteiger partial charge is 2.00 e. The van der Waals surface area contributed by atoms with E-state index in [-0.39, 0.29) is 21.1 Å². The SMILES string of the molecule is Fc1[c-]c2c(cc1)c1ccccc1n1cc(CCc3cn4c5ccccc5c5ccc(F)[c-]c5c4n3)nc21.[Pt+2]. The summed E-state index contributed by atoms with van der Waals surface area (Å²) < 4.78 is 32.4. The van der Waals surface area contributed by atoms with Crippen molar-refractivity contribution in [1.29, 1.82) is 0 Å². The van der Waals surface area contributed by atoms with Gasteiger partial charge in [0.1, 0.15) is 0 Å². The molecule has 4 nitrogen and oxygen atoms in total. The minimum absolute atomic E-state index is 0. The van der Waals surface area contributed by atoms with Crippen LogP contribution in [0.4, 0.5) is 8.78 Å². The van der Waals surface area contributed by atoms with Crippen LogP contribution in [0.25, 0.3) is 54.6 Å². The summed E-state index contributed by atoms with van der Waals surface area (Å²) in [6.07, 6.45) is 5.31. The average molecular weight is 692 g/mol. The first-order chi connectivity index (χ1) is 18.6. The zero-order chi connectivity index (χ0) is 25.4. The topological polar surface area (TPSA) is 34.6 Å². The van der Waals surface area contributed by atoms with Crippen LogP contribution in [0, 0.1) is 23.8 Å². The Morgan fingerprint density at radius 3 is 1.46 bits per heavy atom. The Bertz CT molecular complexity index is 2070. The fourth-order valence-corrected chi connectivity index (χ4v) is 5.64. The first kappa shape index (κ1) is 23.9. The van der Waals surface area contributed by atoms with Gasteiger partial charge in [-0.05, 0) is 35.7 Å². The standard InChI is InChI=1S/C32H18F2N4.Pt/c33-19-9-13-23-25-5-1-3-7-29(25)37-17-21(35-31(37)27(23)15-19)11-12-22-18-38-30-8-4-2-6-26(30)24-14-10-20(34)16-28(24)32(38)36-22;/h1-10,13-14,17-18H,11-12H2;/q-2;+2. The Kier molecular flexibility index (Phi) is 5.50. The van der Waals surface area contributed by atoms with Crippen molar-refractivity contribution in [3.05, 3.63) is 120 Å². The third-order valence-electron chi connectivity index (χ3n) is 7.32. The Morgan fingerprint density at radius 1 is 0.564 bits per heavy atom. The van der Waals surface area contributed by atoms with Crippen molar-refractivity contribution in [2.45, 2.75) is 12.8 Å². The number of fused-ring (bicyclic) bond motifs is 12. The van der Waals surface area contributed by atoms with Gasteiger partial charge < -0.3 is 8.80 Å². The summed E-state index contributed by atoms with van der Waals surface area (Å²) in [7, 11) is 0. The van der Waals surface area contributed by atoms with Crippen LogP contribution in [0.2, 0.25) is 0 Å². The molecule has 7 heteroatoms. The van der Waals surface area contributed by atoms with Gasteiger partial charge in [0, 0.05) is 46.4 Å². The molecule has 8 aromatic rings. The molecule has 8 rings (SSSR count). The van der Waals surface area contributed by atoms with E-state index in [9.17, 15) is 8.78 Å². The Balaban J connectivity index is 0.00000253. The van der Waals surface area contributed by atoms with E-state index in [1.807, 2.05) is 69.7 Å². The van der Waals surface area contributed by atoms with Crippen LogP contribution in [-0.2, 0) is 33.9 Å². The monoisotopic (exact) mass is 691 g/mol. The molecule has 0 aliphatic carbocycles. The molecule has 0 unspecified atom stereocenters. The summed E-state index contributed by atoms with van der Waals surface area (Å²) in [5, 5.41) is 5.23. The van der Waals surface area contributed by atoms with E-state index in [0.717, 1.165) is 44.0 Å². The van der Waals surface area contributed by atoms with E-state index in [1.165, 1.54) is 12.1 Å². The first-order valence-electron chi connectivity index (χ1n) is 12.4. The maximum Gasteiger partial charge on any atom is 2.00 e. The van der Waals surface area contributed by atoms with E-state index in [2.05, 4.69) is 12.1 Å². The average Bonchev–Trinajstić information content (AvgIpc) is 3.57. The number of aryl methyl sites for hydroxylation is 2. The second kappa shape index (κ2) is 8.96. The number of halogens is 2. The molecule has 0 spiro atoms. The molecule has 0 saturated heterocycles. The van der Waals surface area contributed by atoms with E-state index < -0.39 is 11.6 Å². The molecule has 0 aliphatic rings. The summed E-state index contributed by atoms with van der Waals surface area (Å²) in [4.78, 5) is 9.77. The van der Waals surface area contributed by atoms with Crippen molar-refractivity contribution in [2.75, 3.05) is 0 Å². The van der Waals surface area contributed by atoms with Gasteiger partial charge in [-0.25, -0.2) is 8.78 Å². The van der Waals surface area contributed by atoms with Crippen LogP contribution in [0.15, 0.2) is 85.2 Å². The van der Waals surface area contributed by atoms with Crippen LogP contribution >= 0.6 is 0 Å². The van der Waals surface area contributed by atoms with E-state index in [1.54, 1.807) is 12.1 Å². The molecule has 0 saturated carbocycles. The predicted molar refractivity (Wildman–Crippen MR) is 145 cm³/mol. The molecule has 4 heterocycles. The Labute approximate surface area is 235 Å². The van der Waals surface area contributed by atoms with E-state index >= 15 is 0 Å². The van der Waals surface area contributed by atoms with Crippen molar-refractivity contribution in [2.24, 2.45) is 0 Å². The second-order valence-electron chi connectivity index (χ2n) is 9.58. The van der Waals surface area contributed by atoms with Crippen LogP contribution in [0.5, 0.6) is 0 Å². The van der Waals surface area contributed by atoms with Crippen LogP contribution in [0.3, 0.4) is 0 Å². The normalized spacial score (nSPS) is 11.8. The molecule has 0 bridgehead atoms. The molecular formula is C32H18F2N4Pt. The van der Waals surface area contributed by atoms with Gasteiger partial charge >= 0.3 is 21.1 Å². The maximum atomic E-state index is 14.2. The van der Waals surface area contributed by atoms with Crippen molar-refractivity contribution in [1.82, 2.24) is 18.8 Å². The van der Waals surface area contributed by atoms with Gasteiger partial charge in [0.15, 0.2) is 0 Å². The predicted octanol–water partition coefficient (Wildman–Crippen LogP) is 7.26. The number of hydrogen-bond donors (Lipinski definition) is 0. The Morgan fingerprint density at radius 2 is 1.00 bits per heavy atom. The van der Waals surface area contributed by atoms with Crippen LogP contribution < -0.4 is 0 Å². The number of nitrogens with zero attached hydrogens (tertiary/aromatic N) is 4. The van der Waals surface area contributed by atoms with Gasteiger partial charge in [0.2, 0.25) is 0 Å². The second-order valence-corrected chi connectivity index (χ2v) is 9.58. The summed E-state index contributed by atoms with van der Waals surface area (Å²) in [6, 6.07) is 28.3. The van der Waals surface area contributed by atoms with E-state index in [0.29, 0.717) is 34.9 Å². The van der Waals surface area contributed by atoms with Crippen LogP contribution in [-0.4, -0.2) is 18.8 Å². The molecule has 0 aliphatic heterocycles. The summed E-state index contributed by atoms with van der Waals surface area (Å²) in [5.41, 5.74) is 5.15. The van der Waals surface area contributed by atoms with Crippen molar-refractivity contribution in [3.8, 4) is 0 Å². The van der Waals surface area contributed by atoms with E-state index in [4.69, 9.17) is 9.97 Å². The molecule has 0 radical (unpaired) electrons. The maximum absolute atomic E-state index is 14.2. The molecule has 39 heavy (non-hydrogen) atoms. The smallest absolute Gasteiger partial charge is 0.340 e. The summed E-state index contributed by atoms with van der Waals surface area (Å²) in [5.74, 6) is -0.812. The molecular weight excluding hydrogens is 673 g/mol. The van der Waals surface area contributed by atoms with Crippen molar-refractivity contribution < 1.29 is 29.8 Å². The van der Waals surface area contributed by atoms with Gasteiger partial charge in [0.25, 0.3) is 0 Å². The van der Waals surface area contributed by atoms with Crippen LogP contribution in [0.1, 0.15) is 11.4 Å². The zero-order valence-electron chi connectivity index (χ0n) is 20.4. The molecule has 0 atom stereocenters. The molecule has 0 fully saturated rings. The third-order valence-corrected chi connectivity index (χ3v) is 7.32. The third kappa shape index (κ3) is 3.66. The number of hydrogen-bond acceptors (Lipinski definition) is 2.